The van der Waals surface area contributed by atoms with E-state index in [1.807, 2.05) is 40.1 Å². The summed E-state index contributed by atoms with van der Waals surface area (Å²) < 4.78 is 5.71. The predicted octanol–water partition coefficient (Wildman–Crippen LogP) is 2.71. The number of hydrogen-bond donors (Lipinski definition) is 0. The smallest absolute Gasteiger partial charge is 0.253 e. The Kier molecular flexibility index (Phi) is 4.96. The fraction of sp³-hybridized carbons (Fsp3) is 0.524. The maximum absolute atomic E-state index is 12.8. The highest BCUT2D eigenvalue weighted by atomic mass is 16.5. The molecule has 0 atom stereocenters. The number of benzene rings is 1. The molecule has 3 aliphatic rings. The zero-order valence-electron chi connectivity index (χ0n) is 15.2. The first-order valence-corrected chi connectivity index (χ1v) is 9.73. The van der Waals surface area contributed by atoms with Crippen LogP contribution in [-0.2, 0) is 9.59 Å². The van der Waals surface area contributed by atoms with Gasteiger partial charge in [0.25, 0.3) is 5.91 Å². The summed E-state index contributed by atoms with van der Waals surface area (Å²) in [6, 6.07) is 7.77. The first kappa shape index (κ1) is 17.1. The van der Waals surface area contributed by atoms with Gasteiger partial charge in [0.05, 0.1) is 5.57 Å². The molecule has 2 amide bonds. The molecule has 0 unspecified atom stereocenters. The Labute approximate surface area is 154 Å². The highest BCUT2D eigenvalue weighted by Gasteiger charge is 2.32. The van der Waals surface area contributed by atoms with Gasteiger partial charge in [-0.15, -0.1) is 0 Å². The van der Waals surface area contributed by atoms with Crippen molar-refractivity contribution in [3.63, 3.8) is 0 Å². The summed E-state index contributed by atoms with van der Waals surface area (Å²) in [4.78, 5) is 29.4. The van der Waals surface area contributed by atoms with Crippen LogP contribution in [0.25, 0.3) is 6.08 Å². The van der Waals surface area contributed by atoms with Gasteiger partial charge in [-0.3, -0.25) is 9.59 Å². The van der Waals surface area contributed by atoms with Crippen LogP contribution >= 0.6 is 0 Å². The van der Waals surface area contributed by atoms with Gasteiger partial charge in [0, 0.05) is 37.7 Å². The van der Waals surface area contributed by atoms with Crippen LogP contribution < -0.4 is 4.74 Å². The van der Waals surface area contributed by atoms with Crippen molar-refractivity contribution in [3.8, 4) is 5.75 Å². The maximum atomic E-state index is 12.8. The summed E-state index contributed by atoms with van der Waals surface area (Å²) in [6.07, 6.45) is 6.96. The molecule has 0 saturated carbocycles. The summed E-state index contributed by atoms with van der Waals surface area (Å²) in [7, 11) is 0. The van der Waals surface area contributed by atoms with E-state index >= 15 is 0 Å². The highest BCUT2D eigenvalue weighted by molar-refractivity contribution is 5.99. The summed E-state index contributed by atoms with van der Waals surface area (Å²) in [5.74, 6) is 1.25. The van der Waals surface area contributed by atoms with Gasteiger partial charge in [0.1, 0.15) is 12.4 Å². The van der Waals surface area contributed by atoms with Crippen molar-refractivity contribution in [2.45, 2.75) is 32.1 Å². The predicted molar refractivity (Wildman–Crippen MR) is 99.6 cm³/mol. The molecule has 5 nitrogen and oxygen atoms in total. The quantitative estimate of drug-likeness (QED) is 0.820. The third kappa shape index (κ3) is 3.48. The Morgan fingerprint density at radius 1 is 0.923 bits per heavy atom. The van der Waals surface area contributed by atoms with E-state index in [0.717, 1.165) is 50.1 Å². The molecule has 2 saturated heterocycles. The largest absolute Gasteiger partial charge is 0.488 e. The minimum absolute atomic E-state index is 0.0448. The van der Waals surface area contributed by atoms with Crippen LogP contribution in [-0.4, -0.2) is 54.4 Å². The van der Waals surface area contributed by atoms with Gasteiger partial charge in [-0.2, -0.15) is 0 Å². The van der Waals surface area contributed by atoms with Crippen LogP contribution in [0.5, 0.6) is 5.75 Å². The van der Waals surface area contributed by atoms with Gasteiger partial charge in [0.2, 0.25) is 5.91 Å². The van der Waals surface area contributed by atoms with Crippen molar-refractivity contribution in [2.75, 3.05) is 32.8 Å². The van der Waals surface area contributed by atoms with Crippen molar-refractivity contribution in [1.29, 1.82) is 0 Å². The molecule has 3 heterocycles. The lowest BCUT2D eigenvalue weighted by Crippen LogP contribution is -2.46. The van der Waals surface area contributed by atoms with Crippen LogP contribution in [0.1, 0.15) is 37.7 Å². The minimum atomic E-state index is 0.0448. The molecule has 0 aliphatic carbocycles. The van der Waals surface area contributed by atoms with Crippen molar-refractivity contribution >= 4 is 17.9 Å². The molecule has 5 heteroatoms. The average Bonchev–Trinajstić information content (AvgIpc) is 2.73. The Balaban J connectivity index is 1.35. The molecule has 0 aromatic heterocycles. The Bertz CT molecular complexity index is 714. The van der Waals surface area contributed by atoms with Crippen molar-refractivity contribution in [1.82, 2.24) is 9.80 Å². The number of hydrogen-bond acceptors (Lipinski definition) is 3. The number of para-hydroxylation sites is 1. The Morgan fingerprint density at radius 3 is 2.42 bits per heavy atom. The molecular formula is C21H26N2O3. The minimum Gasteiger partial charge on any atom is -0.488 e. The van der Waals surface area contributed by atoms with Gasteiger partial charge < -0.3 is 14.5 Å². The molecule has 0 radical (unpaired) electrons. The number of likely N-dealkylation sites (tertiary alicyclic amines) is 2. The number of piperidine rings is 2. The van der Waals surface area contributed by atoms with Crippen LogP contribution in [0.15, 0.2) is 29.8 Å². The molecule has 1 aromatic rings. The summed E-state index contributed by atoms with van der Waals surface area (Å²) in [6.45, 7) is 3.44. The van der Waals surface area contributed by atoms with E-state index in [0.29, 0.717) is 31.2 Å². The lowest BCUT2D eigenvalue weighted by atomic mass is 9.93. The molecule has 1 aromatic carbocycles. The third-order valence-corrected chi connectivity index (χ3v) is 5.71. The van der Waals surface area contributed by atoms with Gasteiger partial charge in [-0.05, 0) is 44.2 Å². The standard InChI is InChI=1S/C21H26N2O3/c24-20(22-10-4-1-5-11-22)16-8-12-23(13-9-16)21(25)18-14-17-6-2-3-7-19(17)26-15-18/h2-3,6-7,14,16H,1,4-5,8-13,15H2. The van der Waals surface area contributed by atoms with E-state index in [9.17, 15) is 9.59 Å². The van der Waals surface area contributed by atoms with Gasteiger partial charge >= 0.3 is 0 Å². The van der Waals surface area contributed by atoms with Crippen LogP contribution in [0.2, 0.25) is 0 Å². The fourth-order valence-corrected chi connectivity index (χ4v) is 4.14. The topological polar surface area (TPSA) is 49.9 Å². The highest BCUT2D eigenvalue weighted by Crippen LogP contribution is 2.28. The second-order valence-electron chi connectivity index (χ2n) is 7.45. The number of nitrogens with zero attached hydrogens (tertiary/aromatic N) is 2. The average molecular weight is 354 g/mol. The maximum Gasteiger partial charge on any atom is 0.253 e. The van der Waals surface area contributed by atoms with Crippen LogP contribution in [0.4, 0.5) is 0 Å². The number of amides is 2. The zero-order chi connectivity index (χ0) is 17.9. The van der Waals surface area contributed by atoms with E-state index in [2.05, 4.69) is 0 Å². The molecule has 138 valence electrons. The first-order chi connectivity index (χ1) is 12.7. The first-order valence-electron chi connectivity index (χ1n) is 9.73. The third-order valence-electron chi connectivity index (χ3n) is 5.71. The monoisotopic (exact) mass is 354 g/mol. The van der Waals surface area contributed by atoms with E-state index in [4.69, 9.17) is 4.74 Å². The normalized spacial score (nSPS) is 20.8. The molecule has 0 bridgehead atoms. The summed E-state index contributed by atoms with van der Waals surface area (Å²) in [5, 5.41) is 0. The second-order valence-corrected chi connectivity index (χ2v) is 7.45. The Morgan fingerprint density at radius 2 is 1.65 bits per heavy atom. The lowest BCUT2D eigenvalue weighted by molar-refractivity contribution is -0.140. The van der Waals surface area contributed by atoms with Crippen molar-refractivity contribution < 1.29 is 14.3 Å². The zero-order valence-corrected chi connectivity index (χ0v) is 15.2. The number of carbonyl (C=O) groups is 2. The lowest BCUT2D eigenvalue weighted by Gasteiger charge is -2.36. The van der Waals surface area contributed by atoms with Crippen molar-refractivity contribution in [2.24, 2.45) is 5.92 Å². The van der Waals surface area contributed by atoms with E-state index in [-0.39, 0.29) is 11.8 Å². The van der Waals surface area contributed by atoms with Crippen LogP contribution in [0.3, 0.4) is 0 Å². The summed E-state index contributed by atoms with van der Waals surface area (Å²) in [5.41, 5.74) is 1.65. The molecule has 3 aliphatic heterocycles. The number of fused-ring (bicyclic) bond motifs is 1. The van der Waals surface area contributed by atoms with Crippen LogP contribution in [0, 0.1) is 5.92 Å². The molecule has 26 heavy (non-hydrogen) atoms. The van der Waals surface area contributed by atoms with Crippen molar-refractivity contribution in [3.05, 3.63) is 35.4 Å². The van der Waals surface area contributed by atoms with E-state index in [1.165, 1.54) is 6.42 Å². The second kappa shape index (κ2) is 7.52. The Hall–Kier alpha value is -2.30. The SMILES string of the molecule is O=C(C1=Cc2ccccc2OC1)N1CCC(C(=O)N2CCCCC2)CC1. The molecule has 0 N–H and O–H groups in total. The molecule has 4 rings (SSSR count). The summed E-state index contributed by atoms with van der Waals surface area (Å²) >= 11 is 0. The van der Waals surface area contributed by atoms with Gasteiger partial charge in [-0.25, -0.2) is 0 Å². The molecule has 0 spiro atoms. The fourth-order valence-electron chi connectivity index (χ4n) is 4.14. The van der Waals surface area contributed by atoms with Gasteiger partial charge in [-0.1, -0.05) is 18.2 Å². The van der Waals surface area contributed by atoms with E-state index < -0.39 is 0 Å². The van der Waals surface area contributed by atoms with E-state index in [1.54, 1.807) is 0 Å². The molecular weight excluding hydrogens is 328 g/mol. The number of carbonyl (C=O) groups excluding carboxylic acids is 2. The number of rotatable bonds is 2. The molecule has 2 fully saturated rings. The number of ether oxygens (including phenoxy) is 1. The van der Waals surface area contributed by atoms with Gasteiger partial charge in [0.15, 0.2) is 0 Å².